The van der Waals surface area contributed by atoms with Crippen LogP contribution in [0.15, 0.2) is 6.20 Å². The second-order valence-corrected chi connectivity index (χ2v) is 4.16. The Morgan fingerprint density at radius 1 is 1.41 bits per heavy atom. The van der Waals surface area contributed by atoms with Gasteiger partial charge in [0.15, 0.2) is 11.6 Å². The molecule has 1 aliphatic rings. The largest absolute Gasteiger partial charge is 0.372 e. The van der Waals surface area contributed by atoms with Crippen molar-refractivity contribution in [2.24, 2.45) is 0 Å². The number of hydrogen-bond donors (Lipinski definition) is 0. The molecular formula is C10H10ClN5O. The van der Waals surface area contributed by atoms with Crippen molar-refractivity contribution in [2.45, 2.75) is 20.1 Å². The number of fused-ring (bicyclic) bond motifs is 1. The molecular weight excluding hydrogens is 242 g/mol. The Morgan fingerprint density at radius 2 is 2.29 bits per heavy atom. The van der Waals surface area contributed by atoms with Crippen LogP contribution in [0.1, 0.15) is 11.5 Å². The molecule has 0 spiro atoms. The predicted octanol–water partition coefficient (Wildman–Crippen LogP) is 1.23. The molecule has 2 aromatic heterocycles. The molecule has 17 heavy (non-hydrogen) atoms. The van der Waals surface area contributed by atoms with Gasteiger partial charge in [0.25, 0.3) is 0 Å². The quantitative estimate of drug-likeness (QED) is 0.763. The minimum Gasteiger partial charge on any atom is -0.372 e. The minimum absolute atomic E-state index is 0.382. The SMILES string of the molecule is Cc1nc(Cl)cnc1-c1nnc2n1CCOC2. The molecule has 0 unspecified atom stereocenters. The van der Waals surface area contributed by atoms with Gasteiger partial charge in [-0.05, 0) is 6.92 Å². The Balaban J connectivity index is 2.12. The molecule has 0 fully saturated rings. The highest BCUT2D eigenvalue weighted by molar-refractivity contribution is 6.29. The smallest absolute Gasteiger partial charge is 0.184 e. The van der Waals surface area contributed by atoms with Gasteiger partial charge in [0.05, 0.1) is 18.5 Å². The van der Waals surface area contributed by atoms with E-state index in [4.69, 9.17) is 16.3 Å². The molecule has 0 saturated heterocycles. The molecule has 0 saturated carbocycles. The van der Waals surface area contributed by atoms with Gasteiger partial charge >= 0.3 is 0 Å². The van der Waals surface area contributed by atoms with E-state index in [9.17, 15) is 0 Å². The van der Waals surface area contributed by atoms with Crippen LogP contribution in [0.25, 0.3) is 11.5 Å². The van der Waals surface area contributed by atoms with Crippen LogP contribution in [0.4, 0.5) is 0 Å². The van der Waals surface area contributed by atoms with E-state index >= 15 is 0 Å². The lowest BCUT2D eigenvalue weighted by Gasteiger charge is -2.15. The molecule has 88 valence electrons. The van der Waals surface area contributed by atoms with E-state index in [2.05, 4.69) is 20.2 Å². The van der Waals surface area contributed by atoms with Crippen LogP contribution < -0.4 is 0 Å². The number of halogens is 1. The molecule has 0 N–H and O–H groups in total. The van der Waals surface area contributed by atoms with Crippen molar-refractivity contribution in [2.75, 3.05) is 6.61 Å². The molecule has 6 nitrogen and oxygen atoms in total. The Hall–Kier alpha value is -1.53. The Labute approximate surface area is 103 Å². The summed E-state index contributed by atoms with van der Waals surface area (Å²) >= 11 is 5.79. The van der Waals surface area contributed by atoms with Gasteiger partial charge in [-0.1, -0.05) is 11.6 Å². The van der Waals surface area contributed by atoms with Crippen LogP contribution in [0.5, 0.6) is 0 Å². The van der Waals surface area contributed by atoms with E-state index in [1.807, 2.05) is 11.5 Å². The van der Waals surface area contributed by atoms with Crippen molar-refractivity contribution >= 4 is 11.6 Å². The number of aryl methyl sites for hydroxylation is 1. The van der Waals surface area contributed by atoms with Crippen LogP contribution in [0.3, 0.4) is 0 Å². The van der Waals surface area contributed by atoms with E-state index in [-0.39, 0.29) is 0 Å². The molecule has 0 amide bonds. The lowest BCUT2D eigenvalue weighted by Crippen LogP contribution is -2.17. The van der Waals surface area contributed by atoms with Crippen molar-refractivity contribution in [3.8, 4) is 11.5 Å². The maximum atomic E-state index is 5.79. The third-order valence-corrected chi connectivity index (χ3v) is 2.83. The summed E-state index contributed by atoms with van der Waals surface area (Å²) in [4.78, 5) is 8.44. The van der Waals surface area contributed by atoms with Crippen LogP contribution >= 0.6 is 11.6 Å². The summed E-state index contributed by atoms with van der Waals surface area (Å²) in [5, 5.41) is 8.61. The molecule has 3 rings (SSSR count). The first-order chi connectivity index (χ1) is 8.25. The summed E-state index contributed by atoms with van der Waals surface area (Å²) in [5.41, 5.74) is 1.47. The average molecular weight is 252 g/mol. The molecule has 1 aliphatic heterocycles. The summed E-state index contributed by atoms with van der Waals surface area (Å²) < 4.78 is 7.32. The molecule has 0 aliphatic carbocycles. The first-order valence-corrected chi connectivity index (χ1v) is 5.63. The monoisotopic (exact) mass is 251 g/mol. The van der Waals surface area contributed by atoms with Gasteiger partial charge in [0, 0.05) is 6.54 Å². The van der Waals surface area contributed by atoms with E-state index < -0.39 is 0 Å². The Morgan fingerprint density at radius 3 is 3.12 bits per heavy atom. The fourth-order valence-electron chi connectivity index (χ4n) is 1.84. The van der Waals surface area contributed by atoms with Gasteiger partial charge < -0.3 is 9.30 Å². The number of hydrogen-bond acceptors (Lipinski definition) is 5. The second-order valence-electron chi connectivity index (χ2n) is 3.77. The van der Waals surface area contributed by atoms with Crippen LogP contribution in [-0.4, -0.2) is 31.3 Å². The van der Waals surface area contributed by atoms with Gasteiger partial charge in [0.2, 0.25) is 0 Å². The Kier molecular flexibility index (Phi) is 2.53. The summed E-state index contributed by atoms with van der Waals surface area (Å²) in [6, 6.07) is 0. The zero-order valence-electron chi connectivity index (χ0n) is 9.22. The number of nitrogens with zero attached hydrogens (tertiary/aromatic N) is 5. The minimum atomic E-state index is 0.382. The molecule has 0 radical (unpaired) electrons. The highest BCUT2D eigenvalue weighted by atomic mass is 35.5. The molecule has 2 aromatic rings. The van der Waals surface area contributed by atoms with Gasteiger partial charge in [-0.2, -0.15) is 0 Å². The van der Waals surface area contributed by atoms with Crippen LogP contribution in [0, 0.1) is 6.92 Å². The first kappa shape index (κ1) is 10.6. The fourth-order valence-corrected chi connectivity index (χ4v) is 2.02. The van der Waals surface area contributed by atoms with E-state index in [0.29, 0.717) is 18.4 Å². The maximum absolute atomic E-state index is 5.79. The van der Waals surface area contributed by atoms with Crippen molar-refractivity contribution in [1.29, 1.82) is 0 Å². The van der Waals surface area contributed by atoms with Crippen molar-refractivity contribution in [3.05, 3.63) is 22.9 Å². The molecule has 7 heteroatoms. The standard InChI is InChI=1S/C10H10ClN5O/c1-6-9(12-4-7(11)13-6)10-15-14-8-5-17-3-2-16(8)10/h4H,2-3,5H2,1H3. The fraction of sp³-hybridized carbons (Fsp3) is 0.400. The molecule has 0 aromatic carbocycles. The summed E-state index contributed by atoms with van der Waals surface area (Å²) in [7, 11) is 0. The predicted molar refractivity (Wildman–Crippen MR) is 60.5 cm³/mol. The maximum Gasteiger partial charge on any atom is 0.184 e. The van der Waals surface area contributed by atoms with Gasteiger partial charge in [-0.25, -0.2) is 9.97 Å². The van der Waals surface area contributed by atoms with E-state index in [1.54, 1.807) is 0 Å². The topological polar surface area (TPSA) is 65.7 Å². The van der Waals surface area contributed by atoms with E-state index in [1.165, 1.54) is 6.20 Å². The lowest BCUT2D eigenvalue weighted by atomic mass is 10.3. The second kappa shape index (κ2) is 4.05. The van der Waals surface area contributed by atoms with Crippen molar-refractivity contribution < 1.29 is 4.74 Å². The third-order valence-electron chi connectivity index (χ3n) is 2.65. The Bertz CT molecular complexity index is 568. The summed E-state index contributed by atoms with van der Waals surface area (Å²) in [5.74, 6) is 1.55. The van der Waals surface area contributed by atoms with Crippen LogP contribution in [0.2, 0.25) is 5.15 Å². The van der Waals surface area contributed by atoms with Crippen molar-refractivity contribution in [1.82, 2.24) is 24.7 Å². The lowest BCUT2D eigenvalue weighted by molar-refractivity contribution is 0.0820. The highest BCUT2D eigenvalue weighted by Crippen LogP contribution is 2.21. The number of ether oxygens (including phenoxy) is 1. The van der Waals surface area contributed by atoms with Gasteiger partial charge in [-0.15, -0.1) is 10.2 Å². The first-order valence-electron chi connectivity index (χ1n) is 5.25. The van der Waals surface area contributed by atoms with E-state index in [0.717, 1.165) is 29.6 Å². The molecule has 3 heterocycles. The number of rotatable bonds is 1. The molecule has 0 atom stereocenters. The average Bonchev–Trinajstić information content (AvgIpc) is 2.73. The van der Waals surface area contributed by atoms with Gasteiger partial charge in [0.1, 0.15) is 17.5 Å². The van der Waals surface area contributed by atoms with Crippen molar-refractivity contribution in [3.63, 3.8) is 0 Å². The van der Waals surface area contributed by atoms with Gasteiger partial charge in [-0.3, -0.25) is 0 Å². The summed E-state index contributed by atoms with van der Waals surface area (Å²) in [6.45, 7) is 3.75. The highest BCUT2D eigenvalue weighted by Gasteiger charge is 2.19. The third kappa shape index (κ3) is 1.79. The number of aromatic nitrogens is 5. The summed E-state index contributed by atoms with van der Waals surface area (Å²) in [6.07, 6.45) is 1.52. The normalized spacial score (nSPS) is 14.7. The van der Waals surface area contributed by atoms with Crippen LogP contribution in [-0.2, 0) is 17.9 Å². The molecule has 0 bridgehead atoms. The zero-order valence-corrected chi connectivity index (χ0v) is 9.98. The zero-order chi connectivity index (χ0) is 11.8.